The second kappa shape index (κ2) is 6.94. The van der Waals surface area contributed by atoms with Crippen LogP contribution in [-0.2, 0) is 14.8 Å². The normalized spacial score (nSPS) is 11.0. The summed E-state index contributed by atoms with van der Waals surface area (Å²) in [6.07, 6.45) is 0. The number of hydrogen-bond acceptors (Lipinski definition) is 5. The first kappa shape index (κ1) is 18.5. The zero-order chi connectivity index (χ0) is 18.8. The molecule has 2 aromatic rings. The molecule has 0 aliphatic rings. The number of sulfonamides is 1. The van der Waals surface area contributed by atoms with Gasteiger partial charge in [-0.15, -0.1) is 0 Å². The lowest BCUT2D eigenvalue weighted by Crippen LogP contribution is -2.22. The molecule has 1 amide bonds. The quantitative estimate of drug-likeness (QED) is 0.836. The third-order valence-electron chi connectivity index (χ3n) is 3.49. The zero-order valence-electron chi connectivity index (χ0n) is 13.9. The number of hydrogen-bond donors (Lipinski definition) is 2. The number of anilines is 2. The predicted octanol–water partition coefficient (Wildman–Crippen LogP) is 1.43. The van der Waals surface area contributed by atoms with Crippen molar-refractivity contribution in [3.63, 3.8) is 0 Å². The highest BCUT2D eigenvalue weighted by Gasteiger charge is 2.19. The second-order valence-electron chi connectivity index (χ2n) is 5.58. The Hall–Kier alpha value is -2.87. The first-order chi connectivity index (χ1) is 11.6. The minimum absolute atomic E-state index is 0.0193. The number of carbonyl (C=O) groups is 2. The molecular weight excluding hydrogens is 344 g/mol. The molecule has 0 spiro atoms. The molecule has 0 aliphatic heterocycles. The number of rotatable bonds is 5. The maximum absolute atomic E-state index is 12.6. The van der Waals surface area contributed by atoms with Crippen LogP contribution >= 0.6 is 0 Å². The SMILES string of the molecule is CC(=O)Nc1cc(S(=O)(=O)Nc2ccc(C(=O)[O-])cc2)c(C)cc1C. The van der Waals surface area contributed by atoms with Gasteiger partial charge in [0.2, 0.25) is 5.91 Å². The Labute approximate surface area is 145 Å². The van der Waals surface area contributed by atoms with Crippen LogP contribution in [0, 0.1) is 13.8 Å². The maximum atomic E-state index is 12.6. The lowest BCUT2D eigenvalue weighted by atomic mass is 10.1. The number of carboxylic acids is 1. The first-order valence-electron chi connectivity index (χ1n) is 7.33. The van der Waals surface area contributed by atoms with E-state index in [0.717, 1.165) is 5.56 Å². The van der Waals surface area contributed by atoms with Gasteiger partial charge in [-0.1, -0.05) is 18.2 Å². The van der Waals surface area contributed by atoms with Gasteiger partial charge in [-0.2, -0.15) is 0 Å². The predicted molar refractivity (Wildman–Crippen MR) is 91.8 cm³/mol. The third kappa shape index (κ3) is 4.36. The van der Waals surface area contributed by atoms with Crippen LogP contribution in [0.1, 0.15) is 28.4 Å². The number of amides is 1. The van der Waals surface area contributed by atoms with Crippen LogP contribution in [0.2, 0.25) is 0 Å². The summed E-state index contributed by atoms with van der Waals surface area (Å²) in [7, 11) is -3.92. The molecule has 0 bridgehead atoms. The van der Waals surface area contributed by atoms with Gasteiger partial charge in [0.25, 0.3) is 10.0 Å². The molecule has 132 valence electrons. The van der Waals surface area contributed by atoms with Crippen molar-refractivity contribution in [2.75, 3.05) is 10.0 Å². The molecule has 0 atom stereocenters. The van der Waals surface area contributed by atoms with Crippen LogP contribution in [0.4, 0.5) is 11.4 Å². The average Bonchev–Trinajstić information content (AvgIpc) is 2.49. The highest BCUT2D eigenvalue weighted by molar-refractivity contribution is 7.92. The number of benzene rings is 2. The molecule has 7 nitrogen and oxygen atoms in total. The Kier molecular flexibility index (Phi) is 5.13. The lowest BCUT2D eigenvalue weighted by molar-refractivity contribution is -0.255. The smallest absolute Gasteiger partial charge is 0.262 e. The van der Waals surface area contributed by atoms with E-state index >= 15 is 0 Å². The highest BCUT2D eigenvalue weighted by Crippen LogP contribution is 2.26. The zero-order valence-corrected chi connectivity index (χ0v) is 14.7. The fourth-order valence-electron chi connectivity index (χ4n) is 2.33. The number of aromatic carboxylic acids is 1. The topological polar surface area (TPSA) is 115 Å². The van der Waals surface area contributed by atoms with Crippen molar-refractivity contribution in [2.45, 2.75) is 25.7 Å². The first-order valence-corrected chi connectivity index (χ1v) is 8.81. The number of carbonyl (C=O) groups excluding carboxylic acids is 2. The molecule has 0 heterocycles. The summed E-state index contributed by atoms with van der Waals surface area (Å²) >= 11 is 0. The molecule has 0 aromatic heterocycles. The standard InChI is InChI=1S/C17H18N2O5S/c1-10-8-11(2)16(9-15(10)18-12(3)20)25(23,24)19-14-6-4-13(5-7-14)17(21)22/h4-9,19H,1-3H3,(H,18,20)(H,21,22)/p-1. The number of aryl methyl sites for hydroxylation is 2. The average molecular weight is 361 g/mol. The Balaban J connectivity index is 2.38. The third-order valence-corrected chi connectivity index (χ3v) is 5.02. The number of nitrogens with one attached hydrogen (secondary N) is 2. The van der Waals surface area contributed by atoms with E-state index in [2.05, 4.69) is 10.0 Å². The van der Waals surface area contributed by atoms with Crippen molar-refractivity contribution in [3.05, 3.63) is 53.1 Å². The summed E-state index contributed by atoms with van der Waals surface area (Å²) in [6, 6.07) is 8.22. The summed E-state index contributed by atoms with van der Waals surface area (Å²) in [6.45, 7) is 4.75. The molecule has 0 fully saturated rings. The molecule has 25 heavy (non-hydrogen) atoms. The van der Waals surface area contributed by atoms with Gasteiger partial charge in [-0.05, 0) is 48.7 Å². The van der Waals surface area contributed by atoms with Crippen LogP contribution in [-0.4, -0.2) is 20.3 Å². The van der Waals surface area contributed by atoms with E-state index in [1.165, 1.54) is 37.3 Å². The van der Waals surface area contributed by atoms with Gasteiger partial charge >= 0.3 is 0 Å². The second-order valence-corrected chi connectivity index (χ2v) is 7.23. The van der Waals surface area contributed by atoms with E-state index in [1.807, 2.05) is 0 Å². The van der Waals surface area contributed by atoms with Crippen molar-refractivity contribution < 1.29 is 23.1 Å². The Bertz CT molecular complexity index is 934. The van der Waals surface area contributed by atoms with Gasteiger partial charge in [0.15, 0.2) is 0 Å². The van der Waals surface area contributed by atoms with Crippen molar-refractivity contribution >= 4 is 33.3 Å². The minimum atomic E-state index is -3.92. The molecule has 8 heteroatoms. The summed E-state index contributed by atoms with van der Waals surface area (Å²) in [5.74, 6) is -1.65. The maximum Gasteiger partial charge on any atom is 0.262 e. The minimum Gasteiger partial charge on any atom is -0.545 e. The van der Waals surface area contributed by atoms with Gasteiger partial charge in [-0.3, -0.25) is 9.52 Å². The summed E-state index contributed by atoms with van der Waals surface area (Å²) < 4.78 is 27.7. The Morgan fingerprint density at radius 2 is 1.60 bits per heavy atom. The van der Waals surface area contributed by atoms with E-state index < -0.39 is 16.0 Å². The molecule has 0 saturated carbocycles. The van der Waals surface area contributed by atoms with Crippen LogP contribution in [0.3, 0.4) is 0 Å². The molecule has 2 N–H and O–H groups in total. The molecular formula is C17H17N2O5S-. The van der Waals surface area contributed by atoms with Crippen LogP contribution < -0.4 is 15.1 Å². The van der Waals surface area contributed by atoms with E-state index in [-0.39, 0.29) is 22.1 Å². The fraction of sp³-hybridized carbons (Fsp3) is 0.176. The molecule has 0 unspecified atom stereocenters. The summed E-state index contributed by atoms with van der Waals surface area (Å²) in [5.41, 5.74) is 1.83. The van der Waals surface area contributed by atoms with Crippen LogP contribution in [0.25, 0.3) is 0 Å². The highest BCUT2D eigenvalue weighted by atomic mass is 32.2. The van der Waals surface area contributed by atoms with Gasteiger partial charge < -0.3 is 15.2 Å². The molecule has 0 saturated heterocycles. The lowest BCUT2D eigenvalue weighted by Gasteiger charge is -2.14. The van der Waals surface area contributed by atoms with Crippen LogP contribution in [0.5, 0.6) is 0 Å². The Morgan fingerprint density at radius 1 is 1.00 bits per heavy atom. The molecule has 2 aromatic carbocycles. The molecule has 0 aliphatic carbocycles. The van der Waals surface area contributed by atoms with E-state index in [4.69, 9.17) is 0 Å². The van der Waals surface area contributed by atoms with Gasteiger partial charge in [0.05, 0.1) is 10.9 Å². The van der Waals surface area contributed by atoms with Crippen molar-refractivity contribution in [3.8, 4) is 0 Å². The summed E-state index contributed by atoms with van der Waals surface area (Å²) in [4.78, 5) is 22.0. The molecule has 0 radical (unpaired) electrons. The van der Waals surface area contributed by atoms with Crippen molar-refractivity contribution in [1.29, 1.82) is 0 Å². The van der Waals surface area contributed by atoms with Crippen LogP contribution in [0.15, 0.2) is 41.3 Å². The van der Waals surface area contributed by atoms with E-state index in [0.29, 0.717) is 11.3 Å². The number of carboxylic acid groups (broad SMARTS) is 1. The van der Waals surface area contributed by atoms with Crippen molar-refractivity contribution in [1.82, 2.24) is 0 Å². The van der Waals surface area contributed by atoms with Gasteiger partial charge in [0.1, 0.15) is 0 Å². The Morgan fingerprint density at radius 3 is 2.12 bits per heavy atom. The van der Waals surface area contributed by atoms with E-state index in [1.54, 1.807) is 19.9 Å². The van der Waals surface area contributed by atoms with Gasteiger partial charge in [0, 0.05) is 18.3 Å². The van der Waals surface area contributed by atoms with Gasteiger partial charge in [-0.25, -0.2) is 8.42 Å². The monoisotopic (exact) mass is 361 g/mol. The van der Waals surface area contributed by atoms with Crippen molar-refractivity contribution in [2.24, 2.45) is 0 Å². The largest absolute Gasteiger partial charge is 0.545 e. The van der Waals surface area contributed by atoms with E-state index in [9.17, 15) is 23.1 Å². The fourth-order valence-corrected chi connectivity index (χ4v) is 3.64. The summed E-state index contributed by atoms with van der Waals surface area (Å²) in [5, 5.41) is 13.3. The molecule has 2 rings (SSSR count).